The lowest BCUT2D eigenvalue weighted by Crippen LogP contribution is -2.17. The molecule has 1 N–H and O–H groups in total. The van der Waals surface area contributed by atoms with E-state index in [2.05, 4.69) is 10.3 Å². The van der Waals surface area contributed by atoms with Gasteiger partial charge in [0.05, 0.1) is 19.8 Å². The number of nitrogens with zero attached hydrogens (tertiary/aromatic N) is 2. The summed E-state index contributed by atoms with van der Waals surface area (Å²) in [6.07, 6.45) is 5.98. The Morgan fingerprint density at radius 2 is 2.18 bits per heavy atom. The standard InChI is InChI=1S/C12H23N3O2/c1-15-7-6-14-12(15)11-13-5-3-4-8-17-10-9-16-2/h6-7,13H,3-5,8-11H2,1-2H3. The minimum absolute atomic E-state index is 0.678. The predicted molar refractivity (Wildman–Crippen MR) is 66.8 cm³/mol. The molecule has 98 valence electrons. The van der Waals surface area contributed by atoms with Gasteiger partial charge in [-0.2, -0.15) is 0 Å². The SMILES string of the molecule is COCCOCCCCNCc1nccn1C. The number of nitrogens with one attached hydrogen (secondary N) is 1. The first-order valence-electron chi connectivity index (χ1n) is 6.08. The van der Waals surface area contributed by atoms with Crippen LogP contribution in [0.15, 0.2) is 12.4 Å². The van der Waals surface area contributed by atoms with Crippen LogP contribution in [0.5, 0.6) is 0 Å². The third-order valence-electron chi connectivity index (χ3n) is 2.53. The first kappa shape index (κ1) is 14.2. The van der Waals surface area contributed by atoms with Gasteiger partial charge >= 0.3 is 0 Å². The van der Waals surface area contributed by atoms with E-state index < -0.39 is 0 Å². The summed E-state index contributed by atoms with van der Waals surface area (Å²) in [6.45, 7) is 4.01. The maximum absolute atomic E-state index is 5.38. The Balaban J connectivity index is 1.86. The Hall–Kier alpha value is -0.910. The zero-order valence-corrected chi connectivity index (χ0v) is 10.8. The van der Waals surface area contributed by atoms with Gasteiger partial charge in [-0.05, 0) is 19.4 Å². The van der Waals surface area contributed by atoms with Crippen molar-refractivity contribution in [3.05, 3.63) is 18.2 Å². The first-order chi connectivity index (χ1) is 8.34. The molecule has 0 saturated heterocycles. The summed E-state index contributed by atoms with van der Waals surface area (Å²) in [4.78, 5) is 4.25. The van der Waals surface area contributed by atoms with Crippen LogP contribution in [0.4, 0.5) is 0 Å². The van der Waals surface area contributed by atoms with Crippen LogP contribution in [0.3, 0.4) is 0 Å². The molecular formula is C12H23N3O2. The van der Waals surface area contributed by atoms with Gasteiger partial charge in [0.1, 0.15) is 5.82 Å². The topological polar surface area (TPSA) is 48.3 Å². The quantitative estimate of drug-likeness (QED) is 0.620. The third kappa shape index (κ3) is 6.41. The highest BCUT2D eigenvalue weighted by molar-refractivity contribution is 4.90. The van der Waals surface area contributed by atoms with Gasteiger partial charge in [-0.3, -0.25) is 0 Å². The summed E-state index contributed by atoms with van der Waals surface area (Å²) in [5, 5.41) is 3.37. The van der Waals surface area contributed by atoms with Crippen molar-refractivity contribution in [3.8, 4) is 0 Å². The van der Waals surface area contributed by atoms with Gasteiger partial charge in [-0.15, -0.1) is 0 Å². The van der Waals surface area contributed by atoms with Crippen LogP contribution >= 0.6 is 0 Å². The Kier molecular flexibility index (Phi) is 7.62. The average Bonchev–Trinajstić information content (AvgIpc) is 2.73. The fraction of sp³-hybridized carbons (Fsp3) is 0.750. The van der Waals surface area contributed by atoms with Gasteiger partial charge in [0.25, 0.3) is 0 Å². The molecule has 1 heterocycles. The number of unbranched alkanes of at least 4 members (excludes halogenated alkanes) is 1. The minimum atomic E-state index is 0.678. The largest absolute Gasteiger partial charge is 0.382 e. The molecule has 0 spiro atoms. The predicted octanol–water partition coefficient (Wildman–Crippen LogP) is 0.953. The molecule has 17 heavy (non-hydrogen) atoms. The normalized spacial score (nSPS) is 10.9. The molecule has 1 aromatic rings. The van der Waals surface area contributed by atoms with Crippen LogP contribution < -0.4 is 5.32 Å². The maximum atomic E-state index is 5.38. The molecule has 0 radical (unpaired) electrons. The zero-order valence-electron chi connectivity index (χ0n) is 10.8. The van der Waals surface area contributed by atoms with E-state index in [9.17, 15) is 0 Å². The number of aromatic nitrogens is 2. The second kappa shape index (κ2) is 9.15. The maximum Gasteiger partial charge on any atom is 0.122 e. The second-order valence-corrected chi connectivity index (χ2v) is 3.94. The number of hydrogen-bond donors (Lipinski definition) is 1. The lowest BCUT2D eigenvalue weighted by Gasteiger charge is -2.05. The van der Waals surface area contributed by atoms with Crippen LogP contribution in [0.25, 0.3) is 0 Å². The summed E-state index contributed by atoms with van der Waals surface area (Å²) in [7, 11) is 3.69. The highest BCUT2D eigenvalue weighted by Gasteiger charge is 1.97. The Bertz CT molecular complexity index is 289. The molecule has 0 aliphatic heterocycles. The molecule has 1 rings (SSSR count). The molecule has 5 nitrogen and oxygen atoms in total. The lowest BCUT2D eigenvalue weighted by molar-refractivity contribution is 0.0688. The fourth-order valence-corrected chi connectivity index (χ4v) is 1.47. The van der Waals surface area contributed by atoms with Crippen LogP contribution in [-0.2, 0) is 23.1 Å². The van der Waals surface area contributed by atoms with Gasteiger partial charge in [0, 0.05) is 33.2 Å². The van der Waals surface area contributed by atoms with Crippen LogP contribution in [-0.4, -0.2) is 43.0 Å². The molecule has 0 saturated carbocycles. The Morgan fingerprint density at radius 1 is 1.29 bits per heavy atom. The summed E-state index contributed by atoms with van der Waals surface area (Å²) < 4.78 is 12.3. The average molecular weight is 241 g/mol. The molecule has 0 aliphatic rings. The van der Waals surface area contributed by atoms with E-state index in [0.29, 0.717) is 13.2 Å². The van der Waals surface area contributed by atoms with Crippen molar-refractivity contribution in [2.75, 3.05) is 33.5 Å². The number of imidazole rings is 1. The van der Waals surface area contributed by atoms with E-state index in [1.54, 1.807) is 7.11 Å². The van der Waals surface area contributed by atoms with Gasteiger partial charge in [-0.1, -0.05) is 0 Å². The van der Waals surface area contributed by atoms with Crippen molar-refractivity contribution in [1.29, 1.82) is 0 Å². The molecule has 0 fully saturated rings. The molecule has 1 aromatic heterocycles. The summed E-state index contributed by atoms with van der Waals surface area (Å²) >= 11 is 0. The molecule has 0 aliphatic carbocycles. The van der Waals surface area contributed by atoms with E-state index in [1.807, 2.05) is 24.0 Å². The van der Waals surface area contributed by atoms with Crippen LogP contribution in [0.1, 0.15) is 18.7 Å². The number of hydrogen-bond acceptors (Lipinski definition) is 4. The van der Waals surface area contributed by atoms with Crippen molar-refractivity contribution in [1.82, 2.24) is 14.9 Å². The Morgan fingerprint density at radius 3 is 2.88 bits per heavy atom. The highest BCUT2D eigenvalue weighted by Crippen LogP contribution is 1.94. The summed E-state index contributed by atoms with van der Waals surface area (Å²) in [5.74, 6) is 1.07. The van der Waals surface area contributed by atoms with E-state index in [4.69, 9.17) is 9.47 Å². The number of methoxy groups -OCH3 is 1. The number of rotatable bonds is 10. The smallest absolute Gasteiger partial charge is 0.122 e. The second-order valence-electron chi connectivity index (χ2n) is 3.94. The zero-order chi connectivity index (χ0) is 12.3. The highest BCUT2D eigenvalue weighted by atomic mass is 16.5. The molecular weight excluding hydrogens is 218 g/mol. The molecule has 0 atom stereocenters. The summed E-state index contributed by atoms with van der Waals surface area (Å²) in [6, 6.07) is 0. The fourth-order valence-electron chi connectivity index (χ4n) is 1.47. The molecule has 0 aromatic carbocycles. The number of aryl methyl sites for hydroxylation is 1. The van der Waals surface area contributed by atoms with Crippen molar-refractivity contribution in [3.63, 3.8) is 0 Å². The van der Waals surface area contributed by atoms with E-state index in [0.717, 1.165) is 38.4 Å². The number of ether oxygens (including phenoxy) is 2. The van der Waals surface area contributed by atoms with Crippen molar-refractivity contribution < 1.29 is 9.47 Å². The minimum Gasteiger partial charge on any atom is -0.382 e. The van der Waals surface area contributed by atoms with Gasteiger partial charge < -0.3 is 19.4 Å². The van der Waals surface area contributed by atoms with Crippen molar-refractivity contribution in [2.45, 2.75) is 19.4 Å². The van der Waals surface area contributed by atoms with Crippen LogP contribution in [0.2, 0.25) is 0 Å². The van der Waals surface area contributed by atoms with E-state index in [1.165, 1.54) is 0 Å². The molecule has 0 unspecified atom stereocenters. The van der Waals surface area contributed by atoms with E-state index >= 15 is 0 Å². The summed E-state index contributed by atoms with van der Waals surface area (Å²) in [5.41, 5.74) is 0. The Labute approximate surface area is 103 Å². The third-order valence-corrected chi connectivity index (χ3v) is 2.53. The molecule has 0 bridgehead atoms. The first-order valence-corrected chi connectivity index (χ1v) is 6.08. The van der Waals surface area contributed by atoms with Gasteiger partial charge in [-0.25, -0.2) is 4.98 Å². The van der Waals surface area contributed by atoms with Gasteiger partial charge in [0.2, 0.25) is 0 Å². The molecule has 5 heteroatoms. The van der Waals surface area contributed by atoms with Crippen molar-refractivity contribution in [2.24, 2.45) is 7.05 Å². The van der Waals surface area contributed by atoms with Gasteiger partial charge in [0.15, 0.2) is 0 Å². The van der Waals surface area contributed by atoms with E-state index in [-0.39, 0.29) is 0 Å². The van der Waals surface area contributed by atoms with Crippen molar-refractivity contribution >= 4 is 0 Å². The molecule has 0 amide bonds. The lowest BCUT2D eigenvalue weighted by atomic mass is 10.3. The van der Waals surface area contributed by atoms with Crippen LogP contribution in [0, 0.1) is 0 Å². The monoisotopic (exact) mass is 241 g/mol.